The van der Waals surface area contributed by atoms with Crippen molar-refractivity contribution in [3.63, 3.8) is 0 Å². The van der Waals surface area contributed by atoms with Crippen molar-refractivity contribution in [2.45, 2.75) is 18.9 Å². The van der Waals surface area contributed by atoms with Gasteiger partial charge in [-0.25, -0.2) is 4.79 Å². The van der Waals surface area contributed by atoms with E-state index < -0.39 is 5.97 Å². The maximum Gasteiger partial charge on any atom is 0.335 e. The number of rotatable bonds is 3. The number of amides is 1. The Kier molecular flexibility index (Phi) is 3.98. The van der Waals surface area contributed by atoms with Gasteiger partial charge in [0, 0.05) is 4.47 Å². The number of nitrogens with one attached hydrogen (secondary N) is 2. The second-order valence-electron chi connectivity index (χ2n) is 4.14. The van der Waals surface area contributed by atoms with E-state index in [2.05, 4.69) is 26.6 Å². The Hall–Kier alpha value is -1.40. The van der Waals surface area contributed by atoms with E-state index in [9.17, 15) is 9.59 Å². The van der Waals surface area contributed by atoms with Gasteiger partial charge in [0.15, 0.2) is 0 Å². The van der Waals surface area contributed by atoms with Gasteiger partial charge in [0.05, 0.1) is 17.3 Å². The fourth-order valence-corrected chi connectivity index (χ4v) is 2.23. The molecule has 0 saturated carbocycles. The molecule has 0 unspecified atom stereocenters. The molecule has 18 heavy (non-hydrogen) atoms. The Bertz CT molecular complexity index is 484. The number of aromatic carboxylic acids is 1. The maximum atomic E-state index is 11.9. The predicted octanol–water partition coefficient (Wildman–Crippen LogP) is 1.84. The molecule has 1 aromatic carbocycles. The molecule has 1 heterocycles. The largest absolute Gasteiger partial charge is 0.478 e. The van der Waals surface area contributed by atoms with E-state index >= 15 is 0 Å². The highest BCUT2D eigenvalue weighted by molar-refractivity contribution is 9.10. The van der Waals surface area contributed by atoms with Gasteiger partial charge in [0.1, 0.15) is 0 Å². The zero-order valence-corrected chi connectivity index (χ0v) is 11.2. The summed E-state index contributed by atoms with van der Waals surface area (Å²) < 4.78 is 0.666. The maximum absolute atomic E-state index is 11.9. The summed E-state index contributed by atoms with van der Waals surface area (Å²) in [6.45, 7) is 0.842. The highest BCUT2D eigenvalue weighted by atomic mass is 79.9. The highest BCUT2D eigenvalue weighted by Gasteiger charge is 2.22. The minimum atomic E-state index is -1.02. The van der Waals surface area contributed by atoms with Crippen LogP contribution in [0.1, 0.15) is 23.2 Å². The molecule has 1 saturated heterocycles. The number of anilines is 1. The third kappa shape index (κ3) is 2.88. The van der Waals surface area contributed by atoms with Gasteiger partial charge in [-0.2, -0.15) is 0 Å². The quantitative estimate of drug-likeness (QED) is 0.795. The fourth-order valence-electron chi connectivity index (χ4n) is 1.88. The molecule has 1 aromatic rings. The van der Waals surface area contributed by atoms with Gasteiger partial charge in [-0.1, -0.05) is 0 Å². The summed E-state index contributed by atoms with van der Waals surface area (Å²) in [6.07, 6.45) is 1.79. The molecule has 0 spiro atoms. The van der Waals surface area contributed by atoms with E-state index in [0.29, 0.717) is 10.2 Å². The molecular weight excluding hydrogens is 300 g/mol. The van der Waals surface area contributed by atoms with Gasteiger partial charge in [0.2, 0.25) is 5.91 Å². The van der Waals surface area contributed by atoms with Crippen molar-refractivity contribution >= 4 is 33.5 Å². The topological polar surface area (TPSA) is 78.4 Å². The lowest BCUT2D eigenvalue weighted by Crippen LogP contribution is -2.35. The second-order valence-corrected chi connectivity index (χ2v) is 4.99. The third-order valence-corrected chi connectivity index (χ3v) is 3.54. The van der Waals surface area contributed by atoms with Crippen LogP contribution >= 0.6 is 15.9 Å². The minimum Gasteiger partial charge on any atom is -0.478 e. The average molecular weight is 313 g/mol. The molecule has 0 aromatic heterocycles. The molecule has 0 radical (unpaired) electrons. The SMILES string of the molecule is O=C(O)c1ccc(Br)c(NC(=O)[C@H]2CCCN2)c1. The lowest BCUT2D eigenvalue weighted by molar-refractivity contribution is -0.117. The number of halogens is 1. The van der Waals surface area contributed by atoms with E-state index in [-0.39, 0.29) is 17.5 Å². The molecule has 2 rings (SSSR count). The molecule has 5 nitrogen and oxygen atoms in total. The fraction of sp³-hybridized carbons (Fsp3) is 0.333. The normalized spacial score (nSPS) is 18.6. The summed E-state index contributed by atoms with van der Waals surface area (Å²) in [6, 6.07) is 4.35. The van der Waals surface area contributed by atoms with E-state index in [4.69, 9.17) is 5.11 Å². The Labute approximate surface area is 113 Å². The minimum absolute atomic E-state index is 0.129. The number of carboxylic acid groups (broad SMARTS) is 1. The second kappa shape index (κ2) is 5.49. The summed E-state index contributed by atoms with van der Waals surface area (Å²) in [4.78, 5) is 22.8. The van der Waals surface area contributed by atoms with E-state index in [1.54, 1.807) is 6.07 Å². The van der Waals surface area contributed by atoms with Crippen LogP contribution in [0.25, 0.3) is 0 Å². The van der Waals surface area contributed by atoms with Crippen LogP contribution in [0.15, 0.2) is 22.7 Å². The first kappa shape index (κ1) is 13.0. The molecule has 1 aliphatic rings. The molecule has 6 heteroatoms. The monoisotopic (exact) mass is 312 g/mol. The summed E-state index contributed by atoms with van der Waals surface area (Å²) in [5, 5.41) is 14.7. The number of carbonyl (C=O) groups excluding carboxylic acids is 1. The molecule has 1 aliphatic heterocycles. The molecule has 1 amide bonds. The van der Waals surface area contributed by atoms with Gasteiger partial charge in [-0.05, 0) is 53.5 Å². The number of carboxylic acids is 1. The van der Waals surface area contributed by atoms with Gasteiger partial charge >= 0.3 is 5.97 Å². The molecule has 96 valence electrons. The number of carbonyl (C=O) groups is 2. The van der Waals surface area contributed by atoms with Crippen molar-refractivity contribution in [2.24, 2.45) is 0 Å². The molecule has 1 atom stereocenters. The zero-order chi connectivity index (χ0) is 13.1. The van der Waals surface area contributed by atoms with Crippen LogP contribution in [-0.4, -0.2) is 29.6 Å². The van der Waals surface area contributed by atoms with Gasteiger partial charge in [-0.3, -0.25) is 4.79 Å². The van der Waals surface area contributed by atoms with Crippen LogP contribution in [0.2, 0.25) is 0 Å². The molecular formula is C12H13BrN2O3. The first-order valence-corrected chi connectivity index (χ1v) is 6.44. The summed E-state index contributed by atoms with van der Waals surface area (Å²) in [5.74, 6) is -1.15. The first-order valence-electron chi connectivity index (χ1n) is 5.65. The predicted molar refractivity (Wildman–Crippen MR) is 70.8 cm³/mol. The zero-order valence-electron chi connectivity index (χ0n) is 9.57. The van der Waals surface area contributed by atoms with Crippen LogP contribution in [0, 0.1) is 0 Å². The summed E-state index contributed by atoms with van der Waals surface area (Å²) in [5.41, 5.74) is 0.626. The van der Waals surface area contributed by atoms with Gasteiger partial charge in [0.25, 0.3) is 0 Å². The number of hydrogen-bond acceptors (Lipinski definition) is 3. The van der Waals surface area contributed by atoms with Crippen molar-refractivity contribution in [3.05, 3.63) is 28.2 Å². The van der Waals surface area contributed by atoms with Gasteiger partial charge < -0.3 is 15.7 Å². The summed E-state index contributed by atoms with van der Waals surface area (Å²) >= 11 is 3.29. The molecule has 1 fully saturated rings. The lowest BCUT2D eigenvalue weighted by atomic mass is 10.2. The highest BCUT2D eigenvalue weighted by Crippen LogP contribution is 2.24. The average Bonchev–Trinajstić information content (AvgIpc) is 2.85. The number of benzene rings is 1. The standard InChI is InChI=1S/C12H13BrN2O3/c13-8-4-3-7(12(17)18)6-10(8)15-11(16)9-2-1-5-14-9/h3-4,6,9,14H,1-2,5H2,(H,15,16)(H,17,18)/t9-/m1/s1. The van der Waals surface area contributed by atoms with Crippen molar-refractivity contribution in [3.8, 4) is 0 Å². The van der Waals surface area contributed by atoms with Crippen LogP contribution in [0.3, 0.4) is 0 Å². The van der Waals surface area contributed by atoms with Crippen molar-refractivity contribution in [2.75, 3.05) is 11.9 Å². The number of hydrogen-bond donors (Lipinski definition) is 3. The lowest BCUT2D eigenvalue weighted by Gasteiger charge is -2.12. The Morgan fingerprint density at radius 2 is 2.22 bits per heavy atom. The Morgan fingerprint density at radius 3 is 2.83 bits per heavy atom. The van der Waals surface area contributed by atoms with Crippen LogP contribution in [0.4, 0.5) is 5.69 Å². The van der Waals surface area contributed by atoms with Gasteiger partial charge in [-0.15, -0.1) is 0 Å². The van der Waals surface area contributed by atoms with Crippen molar-refractivity contribution in [1.82, 2.24) is 5.32 Å². The van der Waals surface area contributed by atoms with E-state index in [1.807, 2.05) is 0 Å². The smallest absolute Gasteiger partial charge is 0.335 e. The van der Waals surface area contributed by atoms with Crippen LogP contribution in [0.5, 0.6) is 0 Å². The van der Waals surface area contributed by atoms with Crippen LogP contribution in [-0.2, 0) is 4.79 Å². The molecule has 0 bridgehead atoms. The van der Waals surface area contributed by atoms with E-state index in [0.717, 1.165) is 19.4 Å². The van der Waals surface area contributed by atoms with E-state index in [1.165, 1.54) is 12.1 Å². The van der Waals surface area contributed by atoms with Crippen molar-refractivity contribution < 1.29 is 14.7 Å². The third-order valence-electron chi connectivity index (χ3n) is 2.85. The summed E-state index contributed by atoms with van der Waals surface area (Å²) in [7, 11) is 0. The Morgan fingerprint density at radius 1 is 1.44 bits per heavy atom. The Balaban J connectivity index is 2.14. The molecule has 3 N–H and O–H groups in total. The molecule has 0 aliphatic carbocycles. The van der Waals surface area contributed by atoms with Crippen molar-refractivity contribution in [1.29, 1.82) is 0 Å². The first-order chi connectivity index (χ1) is 8.58. The van der Waals surface area contributed by atoms with Crippen LogP contribution < -0.4 is 10.6 Å².